The molecule has 2 aromatic carbocycles. The van der Waals surface area contributed by atoms with Crippen molar-refractivity contribution in [3.63, 3.8) is 0 Å². The van der Waals surface area contributed by atoms with Crippen molar-refractivity contribution >= 4 is 44.8 Å². The Morgan fingerprint density at radius 1 is 1.11 bits per heavy atom. The van der Waals surface area contributed by atoms with Crippen LogP contribution in [0.1, 0.15) is 24.9 Å². The van der Waals surface area contributed by atoms with E-state index in [-0.39, 0.29) is 6.04 Å². The van der Waals surface area contributed by atoms with Gasteiger partial charge in [0.25, 0.3) is 0 Å². The highest BCUT2D eigenvalue weighted by molar-refractivity contribution is 9.10. The Kier molecular flexibility index (Phi) is 5.14. The molecule has 1 unspecified atom stereocenters. The normalized spacial score (nSPS) is 12.2. The molecule has 1 nitrogen and oxygen atoms in total. The summed E-state index contributed by atoms with van der Waals surface area (Å²) < 4.78 is 0.959. The van der Waals surface area contributed by atoms with Crippen molar-refractivity contribution in [2.75, 3.05) is 5.32 Å². The maximum atomic E-state index is 6.05. The predicted octanol–water partition coefficient (Wildman–Crippen LogP) is 6.32. The molecular formula is C15H14BrCl2N. The average Bonchev–Trinajstić information content (AvgIpc) is 2.38. The predicted molar refractivity (Wildman–Crippen MR) is 87.3 cm³/mol. The van der Waals surface area contributed by atoms with Gasteiger partial charge in [0.1, 0.15) is 0 Å². The lowest BCUT2D eigenvalue weighted by Gasteiger charge is -2.20. The van der Waals surface area contributed by atoms with Crippen molar-refractivity contribution in [2.24, 2.45) is 0 Å². The van der Waals surface area contributed by atoms with E-state index in [1.165, 1.54) is 5.56 Å². The Labute approximate surface area is 132 Å². The van der Waals surface area contributed by atoms with E-state index in [0.717, 1.165) is 21.6 Å². The van der Waals surface area contributed by atoms with E-state index in [1.807, 2.05) is 36.4 Å². The molecule has 0 spiro atoms. The van der Waals surface area contributed by atoms with Crippen LogP contribution < -0.4 is 5.32 Å². The second-order valence-electron chi connectivity index (χ2n) is 4.28. The second-order valence-corrected chi connectivity index (χ2v) is 6.01. The molecule has 0 fully saturated rings. The van der Waals surface area contributed by atoms with Crippen LogP contribution in [0.5, 0.6) is 0 Å². The fraction of sp³-hybridized carbons (Fsp3) is 0.200. The van der Waals surface area contributed by atoms with E-state index in [2.05, 4.69) is 34.2 Å². The summed E-state index contributed by atoms with van der Waals surface area (Å²) in [6, 6.07) is 13.9. The van der Waals surface area contributed by atoms with Crippen molar-refractivity contribution in [2.45, 2.75) is 19.4 Å². The number of hydrogen-bond acceptors (Lipinski definition) is 1. The van der Waals surface area contributed by atoms with Crippen LogP contribution in [0.25, 0.3) is 0 Å². The quantitative estimate of drug-likeness (QED) is 0.674. The van der Waals surface area contributed by atoms with Gasteiger partial charge in [-0.15, -0.1) is 0 Å². The highest BCUT2D eigenvalue weighted by atomic mass is 79.9. The zero-order chi connectivity index (χ0) is 13.8. The first-order valence-corrected chi connectivity index (χ1v) is 7.62. The van der Waals surface area contributed by atoms with Crippen LogP contribution in [-0.2, 0) is 0 Å². The Morgan fingerprint density at radius 2 is 1.84 bits per heavy atom. The topological polar surface area (TPSA) is 12.0 Å². The van der Waals surface area contributed by atoms with Crippen LogP contribution in [-0.4, -0.2) is 0 Å². The van der Waals surface area contributed by atoms with Gasteiger partial charge >= 0.3 is 0 Å². The van der Waals surface area contributed by atoms with Gasteiger partial charge in [-0.3, -0.25) is 0 Å². The van der Waals surface area contributed by atoms with E-state index < -0.39 is 0 Å². The van der Waals surface area contributed by atoms with Crippen LogP contribution in [0, 0.1) is 0 Å². The van der Waals surface area contributed by atoms with Crippen LogP contribution >= 0.6 is 39.1 Å². The van der Waals surface area contributed by atoms with Crippen LogP contribution in [0.3, 0.4) is 0 Å². The summed E-state index contributed by atoms with van der Waals surface area (Å²) in [5.74, 6) is 0. The fourth-order valence-electron chi connectivity index (χ4n) is 1.94. The lowest BCUT2D eigenvalue weighted by atomic mass is 10.0. The maximum absolute atomic E-state index is 6.05. The maximum Gasteiger partial charge on any atom is 0.0512 e. The molecule has 0 radical (unpaired) electrons. The lowest BCUT2D eigenvalue weighted by Crippen LogP contribution is -2.10. The molecule has 0 bridgehead atoms. The Morgan fingerprint density at radius 3 is 2.47 bits per heavy atom. The number of hydrogen-bond donors (Lipinski definition) is 1. The zero-order valence-electron chi connectivity index (χ0n) is 10.5. The Hall–Kier alpha value is -0.700. The first-order chi connectivity index (χ1) is 9.10. The van der Waals surface area contributed by atoms with Crippen molar-refractivity contribution in [1.82, 2.24) is 0 Å². The SMILES string of the molecule is CCC(Nc1ccc(Cl)cc1Br)c1cccc(Cl)c1. The van der Waals surface area contributed by atoms with Gasteiger partial charge in [0.2, 0.25) is 0 Å². The zero-order valence-corrected chi connectivity index (χ0v) is 13.6. The standard InChI is InChI=1S/C15H14BrCl2N/c1-2-14(10-4-3-5-11(17)8-10)19-15-7-6-12(18)9-13(15)16/h3-9,14,19H,2H2,1H3. The van der Waals surface area contributed by atoms with Gasteiger partial charge in [0, 0.05) is 20.2 Å². The molecule has 0 saturated carbocycles. The average molecular weight is 359 g/mol. The fourth-order valence-corrected chi connectivity index (χ4v) is 2.93. The molecule has 0 saturated heterocycles. The van der Waals surface area contributed by atoms with Crippen molar-refractivity contribution < 1.29 is 0 Å². The molecule has 4 heteroatoms. The lowest BCUT2D eigenvalue weighted by molar-refractivity contribution is 0.749. The van der Waals surface area contributed by atoms with Gasteiger partial charge in [-0.1, -0.05) is 42.3 Å². The largest absolute Gasteiger partial charge is 0.377 e. The molecule has 0 aliphatic heterocycles. The first-order valence-electron chi connectivity index (χ1n) is 6.07. The number of anilines is 1. The number of benzene rings is 2. The minimum Gasteiger partial charge on any atom is -0.377 e. The molecule has 0 heterocycles. The first kappa shape index (κ1) is 14.7. The molecule has 0 aliphatic rings. The summed E-state index contributed by atoms with van der Waals surface area (Å²) in [5.41, 5.74) is 2.20. The minimum atomic E-state index is 0.219. The molecule has 1 N–H and O–H groups in total. The molecule has 2 aromatic rings. The van der Waals surface area contributed by atoms with E-state index in [0.29, 0.717) is 5.02 Å². The van der Waals surface area contributed by atoms with Crippen molar-refractivity contribution in [1.29, 1.82) is 0 Å². The van der Waals surface area contributed by atoms with Gasteiger partial charge in [-0.2, -0.15) is 0 Å². The monoisotopic (exact) mass is 357 g/mol. The summed E-state index contributed by atoms with van der Waals surface area (Å²) >= 11 is 15.5. The highest BCUT2D eigenvalue weighted by Gasteiger charge is 2.11. The molecule has 0 amide bonds. The summed E-state index contributed by atoms with van der Waals surface area (Å²) in [6.45, 7) is 2.14. The van der Waals surface area contributed by atoms with Gasteiger partial charge in [-0.05, 0) is 58.2 Å². The Balaban J connectivity index is 2.24. The van der Waals surface area contributed by atoms with E-state index >= 15 is 0 Å². The minimum absolute atomic E-state index is 0.219. The molecule has 0 aliphatic carbocycles. The van der Waals surface area contributed by atoms with E-state index in [4.69, 9.17) is 23.2 Å². The molecule has 2 rings (SSSR count). The van der Waals surface area contributed by atoms with Crippen LogP contribution in [0.4, 0.5) is 5.69 Å². The van der Waals surface area contributed by atoms with E-state index in [9.17, 15) is 0 Å². The molecular weight excluding hydrogens is 345 g/mol. The number of nitrogens with one attached hydrogen (secondary N) is 1. The second kappa shape index (κ2) is 6.65. The van der Waals surface area contributed by atoms with Crippen molar-refractivity contribution in [3.8, 4) is 0 Å². The number of rotatable bonds is 4. The third-order valence-corrected chi connectivity index (χ3v) is 4.05. The third-order valence-electron chi connectivity index (χ3n) is 2.92. The molecule has 0 aromatic heterocycles. The van der Waals surface area contributed by atoms with Crippen LogP contribution in [0.2, 0.25) is 10.0 Å². The molecule has 1 atom stereocenters. The van der Waals surface area contributed by atoms with Gasteiger partial charge in [0.05, 0.1) is 6.04 Å². The Bertz CT molecular complexity index is 572. The summed E-state index contributed by atoms with van der Waals surface area (Å²) in [7, 11) is 0. The molecule has 100 valence electrons. The summed E-state index contributed by atoms with van der Waals surface area (Å²) in [6.07, 6.45) is 0.968. The van der Waals surface area contributed by atoms with Gasteiger partial charge < -0.3 is 5.32 Å². The summed E-state index contributed by atoms with van der Waals surface area (Å²) in [4.78, 5) is 0. The summed E-state index contributed by atoms with van der Waals surface area (Å²) in [5, 5.41) is 4.98. The van der Waals surface area contributed by atoms with Gasteiger partial charge in [-0.25, -0.2) is 0 Å². The smallest absolute Gasteiger partial charge is 0.0512 e. The highest BCUT2D eigenvalue weighted by Crippen LogP contribution is 2.31. The van der Waals surface area contributed by atoms with Crippen molar-refractivity contribution in [3.05, 3.63) is 62.5 Å². The molecule has 19 heavy (non-hydrogen) atoms. The van der Waals surface area contributed by atoms with Gasteiger partial charge in [0.15, 0.2) is 0 Å². The third kappa shape index (κ3) is 3.88. The van der Waals surface area contributed by atoms with Crippen LogP contribution in [0.15, 0.2) is 46.9 Å². The van der Waals surface area contributed by atoms with E-state index in [1.54, 1.807) is 0 Å². The number of halogens is 3.